The highest BCUT2D eigenvalue weighted by Gasteiger charge is 2.28. The van der Waals surface area contributed by atoms with Gasteiger partial charge in [-0.1, -0.05) is 50.2 Å². The Morgan fingerprint density at radius 2 is 1.83 bits per heavy atom. The van der Waals surface area contributed by atoms with Crippen LogP contribution >= 0.6 is 0 Å². The summed E-state index contributed by atoms with van der Waals surface area (Å²) in [6.07, 6.45) is 2.76. The monoisotopic (exact) mass is 238 g/mol. The summed E-state index contributed by atoms with van der Waals surface area (Å²) < 4.78 is 0. The highest BCUT2D eigenvalue weighted by atomic mass is 16.1. The van der Waals surface area contributed by atoms with Gasteiger partial charge in [-0.25, -0.2) is 0 Å². The fourth-order valence-electron chi connectivity index (χ4n) is 2.94. The van der Waals surface area contributed by atoms with Crippen molar-refractivity contribution in [1.29, 1.82) is 0 Å². The van der Waals surface area contributed by atoms with E-state index in [-0.39, 0.29) is 5.41 Å². The van der Waals surface area contributed by atoms with Crippen molar-refractivity contribution in [2.75, 3.05) is 0 Å². The molecule has 0 unspecified atom stereocenters. The van der Waals surface area contributed by atoms with E-state index in [0.29, 0.717) is 12.2 Å². The molecule has 3 rings (SSSR count). The first kappa shape index (κ1) is 11.5. The van der Waals surface area contributed by atoms with E-state index in [1.165, 1.54) is 10.9 Å². The molecule has 1 aliphatic rings. The fourth-order valence-corrected chi connectivity index (χ4v) is 2.94. The molecule has 1 heteroatoms. The summed E-state index contributed by atoms with van der Waals surface area (Å²) in [7, 11) is 0. The minimum atomic E-state index is 0.122. The minimum Gasteiger partial charge on any atom is -0.294 e. The van der Waals surface area contributed by atoms with E-state index in [1.54, 1.807) is 0 Å². The number of ketones is 1. The van der Waals surface area contributed by atoms with Crippen LogP contribution in [0.3, 0.4) is 0 Å². The molecule has 0 aliphatic heterocycles. The Bertz CT molecular complexity index is 623. The van der Waals surface area contributed by atoms with E-state index in [4.69, 9.17) is 0 Å². The number of hydrogen-bond donors (Lipinski definition) is 0. The van der Waals surface area contributed by atoms with E-state index in [0.717, 1.165) is 23.8 Å². The predicted molar refractivity (Wildman–Crippen MR) is 75.0 cm³/mol. The van der Waals surface area contributed by atoms with Gasteiger partial charge in [-0.3, -0.25) is 4.79 Å². The molecule has 0 spiro atoms. The maximum absolute atomic E-state index is 12.5. The number of benzene rings is 2. The summed E-state index contributed by atoms with van der Waals surface area (Å²) in [5.41, 5.74) is 2.32. The quantitative estimate of drug-likeness (QED) is 0.622. The number of Topliss-reactive ketones (excluding diaryl/α,β-unsaturated/α-hetero) is 1. The van der Waals surface area contributed by atoms with Crippen LogP contribution in [-0.2, 0) is 6.42 Å². The summed E-state index contributed by atoms with van der Waals surface area (Å²) in [5, 5.41) is 2.29. The Balaban J connectivity index is 2.25. The number of carbonyl (C=O) groups excluding carboxylic acids is 1. The van der Waals surface area contributed by atoms with Gasteiger partial charge >= 0.3 is 0 Å². The van der Waals surface area contributed by atoms with Crippen molar-refractivity contribution >= 4 is 16.6 Å². The molecule has 0 saturated heterocycles. The number of aryl methyl sites for hydroxylation is 1. The van der Waals surface area contributed by atoms with Gasteiger partial charge in [0.1, 0.15) is 0 Å². The molecule has 0 atom stereocenters. The second-order valence-corrected chi connectivity index (χ2v) is 6.08. The molecule has 18 heavy (non-hydrogen) atoms. The molecule has 2 aromatic carbocycles. The molecule has 0 N–H and O–H groups in total. The maximum atomic E-state index is 12.5. The fraction of sp³-hybridized carbons (Fsp3) is 0.353. The van der Waals surface area contributed by atoms with Gasteiger partial charge in [0.05, 0.1) is 0 Å². The average molecular weight is 238 g/mol. The second-order valence-electron chi connectivity index (χ2n) is 6.08. The standard InChI is InChI=1S/C17H18O/c1-17(2)10-9-13-8-7-12-5-3-4-6-14(12)16(13)15(18)11-17/h3-8H,9-11H2,1-2H3. The highest BCUT2D eigenvalue weighted by molar-refractivity contribution is 6.09. The molecule has 0 radical (unpaired) electrons. The lowest BCUT2D eigenvalue weighted by molar-refractivity contribution is 0.0936. The highest BCUT2D eigenvalue weighted by Crippen LogP contribution is 2.36. The Morgan fingerprint density at radius 3 is 2.67 bits per heavy atom. The zero-order valence-corrected chi connectivity index (χ0v) is 11.0. The van der Waals surface area contributed by atoms with E-state index < -0.39 is 0 Å². The Hall–Kier alpha value is -1.63. The van der Waals surface area contributed by atoms with Crippen LogP contribution in [0.2, 0.25) is 0 Å². The molecule has 1 nitrogen and oxygen atoms in total. The van der Waals surface area contributed by atoms with Crippen LogP contribution in [0.15, 0.2) is 36.4 Å². The molecular formula is C17H18O. The SMILES string of the molecule is CC1(C)CCc2ccc3ccccc3c2C(=O)C1. The maximum Gasteiger partial charge on any atom is 0.164 e. The third-order valence-corrected chi connectivity index (χ3v) is 4.00. The van der Waals surface area contributed by atoms with Crippen molar-refractivity contribution in [3.8, 4) is 0 Å². The van der Waals surface area contributed by atoms with Gasteiger partial charge in [0.2, 0.25) is 0 Å². The Morgan fingerprint density at radius 1 is 1.06 bits per heavy atom. The van der Waals surface area contributed by atoms with E-state index in [2.05, 4.69) is 38.1 Å². The zero-order valence-electron chi connectivity index (χ0n) is 11.0. The van der Waals surface area contributed by atoms with Gasteiger partial charge in [0.15, 0.2) is 5.78 Å². The van der Waals surface area contributed by atoms with Crippen LogP contribution in [0, 0.1) is 5.41 Å². The predicted octanol–water partition coefficient (Wildman–Crippen LogP) is 4.39. The molecule has 0 saturated carbocycles. The van der Waals surface area contributed by atoms with Crippen molar-refractivity contribution in [3.05, 3.63) is 47.5 Å². The first-order chi connectivity index (χ1) is 8.57. The third kappa shape index (κ3) is 1.84. The van der Waals surface area contributed by atoms with Crippen molar-refractivity contribution in [1.82, 2.24) is 0 Å². The number of carbonyl (C=O) groups is 1. The van der Waals surface area contributed by atoms with Crippen molar-refractivity contribution < 1.29 is 4.79 Å². The topological polar surface area (TPSA) is 17.1 Å². The van der Waals surface area contributed by atoms with Crippen molar-refractivity contribution in [3.63, 3.8) is 0 Å². The van der Waals surface area contributed by atoms with Crippen LogP contribution in [0.1, 0.15) is 42.6 Å². The van der Waals surface area contributed by atoms with Crippen LogP contribution in [0.5, 0.6) is 0 Å². The molecule has 0 amide bonds. The van der Waals surface area contributed by atoms with E-state index in [1.807, 2.05) is 12.1 Å². The Labute approximate surface area is 108 Å². The van der Waals surface area contributed by atoms with Crippen molar-refractivity contribution in [2.24, 2.45) is 5.41 Å². The second kappa shape index (κ2) is 3.94. The summed E-state index contributed by atoms with van der Waals surface area (Å²) in [6.45, 7) is 4.39. The summed E-state index contributed by atoms with van der Waals surface area (Å²) in [6, 6.07) is 12.5. The zero-order chi connectivity index (χ0) is 12.8. The first-order valence-electron chi connectivity index (χ1n) is 6.61. The van der Waals surface area contributed by atoms with E-state index in [9.17, 15) is 4.79 Å². The van der Waals surface area contributed by atoms with Gasteiger partial charge in [-0.2, -0.15) is 0 Å². The lowest BCUT2D eigenvalue weighted by Gasteiger charge is -2.20. The van der Waals surface area contributed by atoms with Gasteiger partial charge in [0, 0.05) is 12.0 Å². The smallest absolute Gasteiger partial charge is 0.164 e. The molecular weight excluding hydrogens is 220 g/mol. The number of rotatable bonds is 0. The average Bonchev–Trinajstić information content (AvgIpc) is 2.46. The van der Waals surface area contributed by atoms with E-state index >= 15 is 0 Å². The van der Waals surface area contributed by atoms with Crippen LogP contribution < -0.4 is 0 Å². The van der Waals surface area contributed by atoms with Gasteiger partial charge in [-0.05, 0) is 34.6 Å². The van der Waals surface area contributed by atoms with Crippen LogP contribution in [0.4, 0.5) is 0 Å². The summed E-state index contributed by atoms with van der Waals surface area (Å²) >= 11 is 0. The largest absolute Gasteiger partial charge is 0.294 e. The molecule has 0 fully saturated rings. The van der Waals surface area contributed by atoms with Crippen LogP contribution in [-0.4, -0.2) is 5.78 Å². The molecule has 0 aromatic heterocycles. The Kier molecular flexibility index (Phi) is 2.51. The third-order valence-electron chi connectivity index (χ3n) is 4.00. The molecule has 1 aliphatic carbocycles. The summed E-state index contributed by atoms with van der Waals surface area (Å²) in [4.78, 5) is 12.5. The lowest BCUT2D eigenvalue weighted by Crippen LogP contribution is -2.14. The molecule has 92 valence electrons. The lowest BCUT2D eigenvalue weighted by atomic mass is 9.84. The van der Waals surface area contributed by atoms with Crippen LogP contribution in [0.25, 0.3) is 10.8 Å². The molecule has 2 aromatic rings. The summed E-state index contributed by atoms with van der Waals surface area (Å²) in [5.74, 6) is 0.310. The molecule has 0 heterocycles. The molecule has 0 bridgehead atoms. The number of hydrogen-bond acceptors (Lipinski definition) is 1. The van der Waals surface area contributed by atoms with Gasteiger partial charge in [0.25, 0.3) is 0 Å². The van der Waals surface area contributed by atoms with Gasteiger partial charge in [-0.15, -0.1) is 0 Å². The van der Waals surface area contributed by atoms with Gasteiger partial charge < -0.3 is 0 Å². The van der Waals surface area contributed by atoms with Crippen molar-refractivity contribution in [2.45, 2.75) is 33.1 Å². The minimum absolute atomic E-state index is 0.122. The normalized spacial score (nSPS) is 18.4. The number of fused-ring (bicyclic) bond motifs is 3. The first-order valence-corrected chi connectivity index (χ1v) is 6.61.